The average Bonchev–Trinajstić information content (AvgIpc) is 3.15. The first-order valence-electron chi connectivity index (χ1n) is 9.32. The van der Waals surface area contributed by atoms with Gasteiger partial charge in [0.1, 0.15) is 0 Å². The molecule has 0 aliphatic carbocycles. The van der Waals surface area contributed by atoms with Crippen molar-refractivity contribution in [1.82, 2.24) is 5.32 Å². The Morgan fingerprint density at radius 2 is 1.72 bits per heavy atom. The Kier molecular flexibility index (Phi) is 4.71. The summed E-state index contributed by atoms with van der Waals surface area (Å²) in [5.41, 5.74) is 2.75. The fourth-order valence-electron chi connectivity index (χ4n) is 3.95. The van der Waals surface area contributed by atoms with Crippen molar-refractivity contribution in [3.63, 3.8) is 0 Å². The monoisotopic (exact) mass is 330 g/mol. The van der Waals surface area contributed by atoms with Gasteiger partial charge in [-0.05, 0) is 47.7 Å². The minimum absolute atomic E-state index is 0.372. The minimum atomic E-state index is 0.372. The maximum absolute atomic E-state index is 3.78. The third kappa shape index (κ3) is 3.54. The zero-order chi connectivity index (χ0) is 17.1. The van der Waals surface area contributed by atoms with Crippen LogP contribution in [0, 0.1) is 5.92 Å². The first kappa shape index (κ1) is 16.2. The molecule has 2 nitrogen and oxygen atoms in total. The van der Waals surface area contributed by atoms with Gasteiger partial charge in [0.2, 0.25) is 0 Å². The molecule has 1 unspecified atom stereocenters. The molecule has 0 saturated carbocycles. The molecule has 0 amide bonds. The van der Waals surface area contributed by atoms with Crippen LogP contribution >= 0.6 is 0 Å². The number of nitrogens with zero attached hydrogens (tertiary/aromatic N) is 1. The molecule has 128 valence electrons. The van der Waals surface area contributed by atoms with Gasteiger partial charge in [0, 0.05) is 31.4 Å². The predicted molar refractivity (Wildman–Crippen MR) is 107 cm³/mol. The van der Waals surface area contributed by atoms with Gasteiger partial charge >= 0.3 is 0 Å². The van der Waals surface area contributed by atoms with Crippen molar-refractivity contribution >= 4 is 16.5 Å². The van der Waals surface area contributed by atoms with Crippen LogP contribution in [0.25, 0.3) is 10.8 Å². The summed E-state index contributed by atoms with van der Waals surface area (Å²) in [6, 6.07) is 26.4. The maximum Gasteiger partial charge on any atom is 0.0366 e. The zero-order valence-corrected chi connectivity index (χ0v) is 14.9. The Bertz CT molecular complexity index is 822. The number of benzene rings is 3. The fraction of sp³-hybridized carbons (Fsp3) is 0.304. The molecule has 0 aromatic heterocycles. The van der Waals surface area contributed by atoms with E-state index < -0.39 is 0 Å². The van der Waals surface area contributed by atoms with E-state index in [9.17, 15) is 0 Å². The number of anilines is 1. The Morgan fingerprint density at radius 1 is 0.960 bits per heavy atom. The lowest BCUT2D eigenvalue weighted by Crippen LogP contribution is -2.28. The summed E-state index contributed by atoms with van der Waals surface area (Å²) in [6.07, 6.45) is 1.27. The molecular formula is C23H26N2. The Hall–Kier alpha value is -2.32. The van der Waals surface area contributed by atoms with Gasteiger partial charge in [0.25, 0.3) is 0 Å². The lowest BCUT2D eigenvalue weighted by Gasteiger charge is -2.21. The van der Waals surface area contributed by atoms with E-state index in [1.807, 2.05) is 0 Å². The molecule has 3 aromatic carbocycles. The molecule has 0 radical (unpaired) electrons. The van der Waals surface area contributed by atoms with Gasteiger partial charge in [-0.15, -0.1) is 0 Å². The van der Waals surface area contributed by atoms with Gasteiger partial charge < -0.3 is 10.2 Å². The molecule has 1 heterocycles. The summed E-state index contributed by atoms with van der Waals surface area (Å²) in [7, 11) is 0. The Morgan fingerprint density at radius 3 is 2.60 bits per heavy atom. The molecule has 0 bridgehead atoms. The highest BCUT2D eigenvalue weighted by Gasteiger charge is 2.23. The van der Waals surface area contributed by atoms with E-state index in [4.69, 9.17) is 0 Å². The highest BCUT2D eigenvalue weighted by atomic mass is 15.2. The highest BCUT2D eigenvalue weighted by molar-refractivity contribution is 5.86. The summed E-state index contributed by atoms with van der Waals surface area (Å²) in [4.78, 5) is 2.51. The van der Waals surface area contributed by atoms with E-state index in [1.54, 1.807) is 0 Å². The number of para-hydroxylation sites is 1. The van der Waals surface area contributed by atoms with Crippen molar-refractivity contribution in [3.8, 4) is 0 Å². The third-order valence-corrected chi connectivity index (χ3v) is 5.41. The van der Waals surface area contributed by atoms with Crippen LogP contribution in [0.3, 0.4) is 0 Å². The molecule has 2 heteroatoms. The Balaban J connectivity index is 1.38. The number of rotatable bonds is 5. The lowest BCUT2D eigenvalue weighted by molar-refractivity contribution is 0.474. The third-order valence-electron chi connectivity index (χ3n) is 5.41. The zero-order valence-electron chi connectivity index (χ0n) is 14.9. The second-order valence-electron chi connectivity index (χ2n) is 7.13. The van der Waals surface area contributed by atoms with Gasteiger partial charge in [-0.2, -0.15) is 0 Å². The molecule has 1 fully saturated rings. The summed E-state index contributed by atoms with van der Waals surface area (Å²) < 4.78 is 0. The summed E-state index contributed by atoms with van der Waals surface area (Å²) in [5.74, 6) is 0.720. The standard InChI is InChI=1S/C23H26N2/c1-18(22-13-7-9-20-8-5-6-12-23(20)22)24-16-19-14-15-25(17-19)21-10-3-2-4-11-21/h2-13,18-19,24H,14-17H2,1H3/t18-,19?/m1/s1. The van der Waals surface area contributed by atoms with Crippen LogP contribution in [-0.4, -0.2) is 19.6 Å². The van der Waals surface area contributed by atoms with Crippen LogP contribution in [0.4, 0.5) is 5.69 Å². The molecule has 1 aliphatic heterocycles. The molecule has 1 aliphatic rings. The number of hydrogen-bond donors (Lipinski definition) is 1. The number of hydrogen-bond acceptors (Lipinski definition) is 2. The molecular weight excluding hydrogens is 304 g/mol. The normalized spacial score (nSPS) is 18.6. The summed E-state index contributed by atoms with van der Waals surface area (Å²) in [5, 5.41) is 6.47. The van der Waals surface area contributed by atoms with Crippen LogP contribution in [-0.2, 0) is 0 Å². The molecule has 0 spiro atoms. The first-order chi connectivity index (χ1) is 12.3. The number of fused-ring (bicyclic) bond motifs is 1. The molecule has 25 heavy (non-hydrogen) atoms. The maximum atomic E-state index is 3.78. The largest absolute Gasteiger partial charge is 0.371 e. The average molecular weight is 330 g/mol. The van der Waals surface area contributed by atoms with Crippen LogP contribution in [0.15, 0.2) is 72.8 Å². The fourth-order valence-corrected chi connectivity index (χ4v) is 3.95. The van der Waals surface area contributed by atoms with E-state index in [2.05, 4.69) is 89.9 Å². The quantitative estimate of drug-likeness (QED) is 0.707. The smallest absolute Gasteiger partial charge is 0.0366 e. The van der Waals surface area contributed by atoms with E-state index in [0.29, 0.717) is 6.04 Å². The van der Waals surface area contributed by atoms with Crippen LogP contribution in [0.1, 0.15) is 24.9 Å². The molecule has 1 saturated heterocycles. The van der Waals surface area contributed by atoms with Crippen LogP contribution in [0.5, 0.6) is 0 Å². The molecule has 2 atom stereocenters. The van der Waals surface area contributed by atoms with Gasteiger partial charge in [0.05, 0.1) is 0 Å². The van der Waals surface area contributed by atoms with Crippen molar-refractivity contribution in [1.29, 1.82) is 0 Å². The first-order valence-corrected chi connectivity index (χ1v) is 9.32. The molecule has 3 aromatic rings. The van der Waals surface area contributed by atoms with Crippen LogP contribution < -0.4 is 10.2 Å². The van der Waals surface area contributed by atoms with Crippen molar-refractivity contribution in [2.45, 2.75) is 19.4 Å². The lowest BCUT2D eigenvalue weighted by atomic mass is 9.99. The summed E-state index contributed by atoms with van der Waals surface area (Å²) in [6.45, 7) is 5.68. The predicted octanol–water partition coefficient (Wildman–Crippen LogP) is 5.02. The second kappa shape index (κ2) is 7.28. The molecule has 4 rings (SSSR count). The second-order valence-corrected chi connectivity index (χ2v) is 7.13. The van der Waals surface area contributed by atoms with Crippen molar-refractivity contribution in [2.24, 2.45) is 5.92 Å². The van der Waals surface area contributed by atoms with Gasteiger partial charge in [-0.25, -0.2) is 0 Å². The summed E-state index contributed by atoms with van der Waals surface area (Å²) >= 11 is 0. The van der Waals surface area contributed by atoms with Crippen molar-refractivity contribution in [2.75, 3.05) is 24.5 Å². The SMILES string of the molecule is C[C@@H](NCC1CCN(c2ccccc2)C1)c1cccc2ccccc12. The van der Waals surface area contributed by atoms with Crippen molar-refractivity contribution in [3.05, 3.63) is 78.4 Å². The van der Waals surface area contributed by atoms with Gasteiger partial charge in [-0.3, -0.25) is 0 Å². The van der Waals surface area contributed by atoms with E-state index >= 15 is 0 Å². The number of nitrogens with one attached hydrogen (secondary N) is 1. The Labute approximate surface area is 150 Å². The minimum Gasteiger partial charge on any atom is -0.371 e. The highest BCUT2D eigenvalue weighted by Crippen LogP contribution is 2.26. The van der Waals surface area contributed by atoms with Gasteiger partial charge in [-0.1, -0.05) is 60.7 Å². The van der Waals surface area contributed by atoms with E-state index in [-0.39, 0.29) is 0 Å². The van der Waals surface area contributed by atoms with E-state index in [0.717, 1.165) is 19.0 Å². The van der Waals surface area contributed by atoms with E-state index in [1.165, 1.54) is 35.0 Å². The topological polar surface area (TPSA) is 15.3 Å². The molecule has 1 N–H and O–H groups in total. The van der Waals surface area contributed by atoms with Gasteiger partial charge in [0.15, 0.2) is 0 Å². The van der Waals surface area contributed by atoms with Crippen LogP contribution in [0.2, 0.25) is 0 Å². The van der Waals surface area contributed by atoms with Crippen molar-refractivity contribution < 1.29 is 0 Å².